The van der Waals surface area contributed by atoms with Crippen LogP contribution in [0.1, 0.15) is 68.2 Å². The van der Waals surface area contributed by atoms with E-state index in [1.807, 2.05) is 45.0 Å². The first kappa shape index (κ1) is 28.8. The molecular weight excluding hydrogens is 508 g/mol. The minimum atomic E-state index is -3.72. The van der Waals surface area contributed by atoms with Gasteiger partial charge in [0.15, 0.2) is 9.84 Å². The molecule has 0 saturated heterocycles. The standard InChI is InChI=1S/C28H32N2O7S/c1-28(2,3)37-26(31)8-6-4-5-7-20-9-11-22(12-10-20)36-23-13-15-24(16-14-23)38(34,35)19-25-29-17-21(18-30-25)27(32)33/h9-18H,4-8,19H2,1-3H3,(H,32,33). The zero-order valence-electron chi connectivity index (χ0n) is 21.7. The van der Waals surface area contributed by atoms with Crippen molar-refractivity contribution in [3.05, 3.63) is 77.9 Å². The Bertz CT molecular complexity index is 1330. The Kier molecular flexibility index (Phi) is 9.57. The second-order valence-corrected chi connectivity index (χ2v) is 11.8. The highest BCUT2D eigenvalue weighted by Crippen LogP contribution is 2.25. The molecule has 1 heterocycles. The summed E-state index contributed by atoms with van der Waals surface area (Å²) in [6.45, 7) is 5.59. The number of hydrogen-bond donors (Lipinski definition) is 1. The smallest absolute Gasteiger partial charge is 0.338 e. The van der Waals surface area contributed by atoms with Crippen molar-refractivity contribution in [1.82, 2.24) is 9.97 Å². The van der Waals surface area contributed by atoms with E-state index in [0.29, 0.717) is 17.9 Å². The molecule has 0 unspecified atom stereocenters. The van der Waals surface area contributed by atoms with Gasteiger partial charge in [0.25, 0.3) is 0 Å². The number of carboxylic acids is 1. The van der Waals surface area contributed by atoms with Crippen molar-refractivity contribution >= 4 is 21.8 Å². The molecule has 1 aromatic heterocycles. The van der Waals surface area contributed by atoms with Gasteiger partial charge in [-0.25, -0.2) is 23.2 Å². The molecule has 202 valence electrons. The van der Waals surface area contributed by atoms with Gasteiger partial charge in [-0.15, -0.1) is 0 Å². The van der Waals surface area contributed by atoms with Crippen molar-refractivity contribution in [3.63, 3.8) is 0 Å². The molecule has 9 nitrogen and oxygen atoms in total. The van der Waals surface area contributed by atoms with E-state index < -0.39 is 27.2 Å². The van der Waals surface area contributed by atoms with Gasteiger partial charge in [-0.3, -0.25) is 4.79 Å². The number of hydrogen-bond acceptors (Lipinski definition) is 8. The monoisotopic (exact) mass is 540 g/mol. The summed E-state index contributed by atoms with van der Waals surface area (Å²) in [5.41, 5.74) is 0.598. The van der Waals surface area contributed by atoms with E-state index in [4.69, 9.17) is 14.6 Å². The number of esters is 1. The highest BCUT2D eigenvalue weighted by atomic mass is 32.2. The summed E-state index contributed by atoms with van der Waals surface area (Å²) >= 11 is 0. The van der Waals surface area contributed by atoms with E-state index in [1.165, 1.54) is 12.1 Å². The van der Waals surface area contributed by atoms with Crippen LogP contribution in [0.15, 0.2) is 65.8 Å². The second kappa shape index (κ2) is 12.6. The highest BCUT2D eigenvalue weighted by molar-refractivity contribution is 7.90. The molecule has 1 N–H and O–H groups in total. The van der Waals surface area contributed by atoms with Gasteiger partial charge >= 0.3 is 11.9 Å². The fraction of sp³-hybridized carbons (Fsp3) is 0.357. The average Bonchev–Trinajstić information content (AvgIpc) is 2.84. The maximum atomic E-state index is 12.7. The largest absolute Gasteiger partial charge is 0.478 e. The lowest BCUT2D eigenvalue weighted by atomic mass is 10.1. The van der Waals surface area contributed by atoms with Crippen LogP contribution in [0.3, 0.4) is 0 Å². The van der Waals surface area contributed by atoms with E-state index in [2.05, 4.69) is 9.97 Å². The van der Waals surface area contributed by atoms with Crippen LogP contribution in [-0.4, -0.2) is 41.0 Å². The van der Waals surface area contributed by atoms with Crippen molar-refractivity contribution in [2.75, 3.05) is 0 Å². The Balaban J connectivity index is 1.46. The fourth-order valence-electron chi connectivity index (χ4n) is 3.54. The Morgan fingerprint density at radius 1 is 0.868 bits per heavy atom. The van der Waals surface area contributed by atoms with Crippen molar-refractivity contribution in [2.24, 2.45) is 0 Å². The summed E-state index contributed by atoms with van der Waals surface area (Å²) in [7, 11) is -3.72. The van der Waals surface area contributed by atoms with Crippen LogP contribution in [0.5, 0.6) is 11.5 Å². The van der Waals surface area contributed by atoms with Crippen LogP contribution in [0, 0.1) is 0 Å². The molecule has 3 rings (SSSR count). The minimum Gasteiger partial charge on any atom is -0.478 e. The number of aromatic nitrogens is 2. The number of nitrogens with zero attached hydrogens (tertiary/aromatic N) is 2. The molecule has 0 aliphatic carbocycles. The van der Waals surface area contributed by atoms with Gasteiger partial charge in [0, 0.05) is 18.8 Å². The lowest BCUT2D eigenvalue weighted by Gasteiger charge is -2.19. The van der Waals surface area contributed by atoms with Gasteiger partial charge in [-0.05, 0) is 82.0 Å². The summed E-state index contributed by atoms with van der Waals surface area (Å²) < 4.78 is 36.5. The molecule has 0 aliphatic rings. The zero-order valence-corrected chi connectivity index (χ0v) is 22.5. The Labute approximate surface area is 222 Å². The predicted octanol–water partition coefficient (Wildman–Crippen LogP) is 5.39. The molecule has 0 radical (unpaired) electrons. The molecule has 0 saturated carbocycles. The van der Waals surface area contributed by atoms with Gasteiger partial charge in [-0.1, -0.05) is 18.6 Å². The summed E-state index contributed by atoms with van der Waals surface area (Å²) in [5, 5.41) is 8.90. The normalized spacial score (nSPS) is 11.7. The number of carbonyl (C=O) groups is 2. The SMILES string of the molecule is CC(C)(C)OC(=O)CCCCCc1ccc(Oc2ccc(S(=O)(=O)Cc3ncc(C(=O)O)cn3)cc2)cc1. The summed E-state index contributed by atoms with van der Waals surface area (Å²) in [4.78, 5) is 30.4. The molecule has 0 atom stereocenters. The number of unbranched alkanes of at least 4 members (excludes halogenated alkanes) is 2. The van der Waals surface area contributed by atoms with Crippen LogP contribution in [-0.2, 0) is 31.5 Å². The van der Waals surface area contributed by atoms with E-state index in [-0.39, 0.29) is 22.3 Å². The zero-order chi connectivity index (χ0) is 27.8. The molecule has 2 aromatic carbocycles. The first-order chi connectivity index (χ1) is 17.9. The summed E-state index contributed by atoms with van der Waals surface area (Å²) in [5.74, 6) is -0.668. The van der Waals surface area contributed by atoms with Crippen molar-refractivity contribution in [3.8, 4) is 11.5 Å². The molecule has 10 heteroatoms. The molecule has 0 bridgehead atoms. The lowest BCUT2D eigenvalue weighted by molar-refractivity contribution is -0.154. The van der Waals surface area contributed by atoms with Crippen LogP contribution in [0.4, 0.5) is 0 Å². The Morgan fingerprint density at radius 3 is 2.00 bits per heavy atom. The first-order valence-corrected chi connectivity index (χ1v) is 13.9. The highest BCUT2D eigenvalue weighted by Gasteiger charge is 2.18. The number of rotatable bonds is 12. The third-order valence-electron chi connectivity index (χ3n) is 5.38. The quantitative estimate of drug-likeness (QED) is 0.237. The number of ether oxygens (including phenoxy) is 2. The van der Waals surface area contributed by atoms with Gasteiger partial charge in [-0.2, -0.15) is 0 Å². The second-order valence-electron chi connectivity index (χ2n) is 9.82. The van der Waals surface area contributed by atoms with Gasteiger partial charge < -0.3 is 14.6 Å². The van der Waals surface area contributed by atoms with Crippen molar-refractivity contribution < 1.29 is 32.6 Å². The van der Waals surface area contributed by atoms with E-state index in [1.54, 1.807) is 12.1 Å². The summed E-state index contributed by atoms with van der Waals surface area (Å²) in [6, 6.07) is 13.7. The average molecular weight is 541 g/mol. The fourth-order valence-corrected chi connectivity index (χ4v) is 4.74. The van der Waals surface area contributed by atoms with E-state index in [0.717, 1.165) is 43.6 Å². The van der Waals surface area contributed by atoms with Crippen LogP contribution in [0.2, 0.25) is 0 Å². The number of aryl methyl sites for hydroxylation is 1. The molecule has 0 aliphatic heterocycles. The van der Waals surface area contributed by atoms with Crippen LogP contribution >= 0.6 is 0 Å². The maximum absolute atomic E-state index is 12.7. The molecule has 3 aromatic rings. The molecule has 0 fully saturated rings. The third-order valence-corrected chi connectivity index (χ3v) is 7.01. The van der Waals surface area contributed by atoms with Crippen molar-refractivity contribution in [1.29, 1.82) is 0 Å². The Morgan fingerprint density at radius 2 is 1.45 bits per heavy atom. The van der Waals surface area contributed by atoms with E-state index in [9.17, 15) is 18.0 Å². The van der Waals surface area contributed by atoms with Gasteiger partial charge in [0.1, 0.15) is 28.7 Å². The number of aromatic carboxylic acids is 1. The minimum absolute atomic E-state index is 0.0125. The Hall–Kier alpha value is -3.79. The lowest BCUT2D eigenvalue weighted by Crippen LogP contribution is -2.23. The van der Waals surface area contributed by atoms with Crippen LogP contribution in [0.25, 0.3) is 0 Å². The third kappa shape index (κ3) is 9.26. The molecular formula is C28H32N2O7S. The van der Waals surface area contributed by atoms with Crippen LogP contribution < -0.4 is 4.74 Å². The first-order valence-electron chi connectivity index (χ1n) is 12.3. The molecule has 0 spiro atoms. The predicted molar refractivity (Wildman–Crippen MR) is 141 cm³/mol. The van der Waals surface area contributed by atoms with Crippen molar-refractivity contribution in [2.45, 2.75) is 69.1 Å². The molecule has 38 heavy (non-hydrogen) atoms. The maximum Gasteiger partial charge on any atom is 0.338 e. The van der Waals surface area contributed by atoms with Gasteiger partial charge in [0.2, 0.25) is 0 Å². The number of carbonyl (C=O) groups excluding carboxylic acids is 1. The van der Waals surface area contributed by atoms with E-state index >= 15 is 0 Å². The summed E-state index contributed by atoms with van der Waals surface area (Å²) in [6.07, 6.45) is 6.18. The number of carboxylic acid groups (broad SMARTS) is 1. The van der Waals surface area contributed by atoms with Gasteiger partial charge in [0.05, 0.1) is 10.5 Å². The number of sulfone groups is 1. The number of benzene rings is 2. The molecule has 0 amide bonds. The topological polar surface area (TPSA) is 133 Å².